The second kappa shape index (κ2) is 4.21. The molecule has 7 nitrogen and oxygen atoms in total. The van der Waals surface area contributed by atoms with Gasteiger partial charge < -0.3 is 14.9 Å². The first kappa shape index (κ1) is 12.0. The first-order valence-corrected chi connectivity index (χ1v) is 4.01. The van der Waals surface area contributed by atoms with Crippen molar-refractivity contribution >= 4 is 11.9 Å². The molecule has 0 saturated carbocycles. The lowest BCUT2D eigenvalue weighted by Gasteiger charge is -2.10. The molecular formula is C7H7F2N3O4. The molecule has 0 aliphatic heterocycles. The van der Waals surface area contributed by atoms with Crippen molar-refractivity contribution in [3.05, 3.63) is 22.0 Å². The molecule has 0 amide bonds. The van der Waals surface area contributed by atoms with E-state index in [2.05, 4.69) is 9.72 Å². The van der Waals surface area contributed by atoms with Gasteiger partial charge in [0.1, 0.15) is 11.9 Å². The van der Waals surface area contributed by atoms with Gasteiger partial charge in [-0.15, -0.1) is 0 Å². The number of aromatic nitrogens is 2. The van der Waals surface area contributed by atoms with Crippen molar-refractivity contribution in [1.29, 1.82) is 0 Å². The van der Waals surface area contributed by atoms with E-state index in [9.17, 15) is 23.7 Å². The van der Waals surface area contributed by atoms with E-state index in [1.165, 1.54) is 0 Å². The molecule has 1 aromatic heterocycles. The monoisotopic (exact) mass is 235 g/mol. The number of ether oxygens (including phenoxy) is 1. The molecule has 1 heterocycles. The number of methoxy groups -OCH3 is 1. The van der Waals surface area contributed by atoms with Crippen molar-refractivity contribution in [2.24, 2.45) is 0 Å². The molecule has 1 aromatic rings. The van der Waals surface area contributed by atoms with Crippen molar-refractivity contribution in [2.45, 2.75) is 12.3 Å². The van der Waals surface area contributed by atoms with Gasteiger partial charge in [-0.3, -0.25) is 0 Å². The Labute approximate surface area is 87.6 Å². The number of rotatable bonds is 4. The number of imidazole rings is 1. The molecule has 0 aromatic carbocycles. The summed E-state index contributed by atoms with van der Waals surface area (Å²) in [4.78, 5) is 25.3. The number of nitrogens with zero attached hydrogens (tertiary/aromatic N) is 2. The SMILES string of the molecule is COC(=O)C(F)(F)Cc1cnc([N+](=O)[O-])[nH]1. The lowest BCUT2D eigenvalue weighted by molar-refractivity contribution is -0.393. The van der Waals surface area contributed by atoms with Crippen LogP contribution in [0, 0.1) is 10.1 Å². The molecule has 0 aliphatic rings. The minimum absolute atomic E-state index is 0.220. The average molecular weight is 235 g/mol. The Bertz CT molecular complexity index is 418. The quantitative estimate of drug-likeness (QED) is 0.469. The molecule has 0 aliphatic carbocycles. The Hall–Kier alpha value is -2.06. The van der Waals surface area contributed by atoms with E-state index in [-0.39, 0.29) is 5.69 Å². The highest BCUT2D eigenvalue weighted by Crippen LogP contribution is 2.21. The molecule has 0 spiro atoms. The summed E-state index contributed by atoms with van der Waals surface area (Å²) in [6.45, 7) is 0. The second-order valence-electron chi connectivity index (χ2n) is 2.86. The Balaban J connectivity index is 2.80. The number of aromatic amines is 1. The van der Waals surface area contributed by atoms with Gasteiger partial charge >= 0.3 is 17.8 Å². The van der Waals surface area contributed by atoms with E-state index in [0.717, 1.165) is 13.3 Å². The van der Waals surface area contributed by atoms with Crippen LogP contribution in [-0.4, -0.2) is 33.9 Å². The number of nitro groups is 1. The first-order chi connectivity index (χ1) is 7.36. The molecule has 0 bridgehead atoms. The molecule has 0 radical (unpaired) electrons. The molecule has 0 unspecified atom stereocenters. The van der Waals surface area contributed by atoms with Gasteiger partial charge in [0.25, 0.3) is 0 Å². The molecule has 1 rings (SSSR count). The molecular weight excluding hydrogens is 228 g/mol. The highest BCUT2D eigenvalue weighted by atomic mass is 19.3. The van der Waals surface area contributed by atoms with Gasteiger partial charge in [0.2, 0.25) is 0 Å². The fraction of sp³-hybridized carbons (Fsp3) is 0.429. The number of esters is 1. The summed E-state index contributed by atoms with van der Waals surface area (Å²) in [5, 5.41) is 10.2. The topological polar surface area (TPSA) is 98.1 Å². The highest BCUT2D eigenvalue weighted by molar-refractivity contribution is 5.77. The number of carbonyl (C=O) groups is 1. The van der Waals surface area contributed by atoms with Gasteiger partial charge in [-0.2, -0.15) is 8.78 Å². The number of nitrogens with one attached hydrogen (secondary N) is 1. The van der Waals surface area contributed by atoms with Gasteiger partial charge in [-0.1, -0.05) is 4.98 Å². The summed E-state index contributed by atoms with van der Waals surface area (Å²) >= 11 is 0. The van der Waals surface area contributed by atoms with Gasteiger partial charge in [-0.25, -0.2) is 9.78 Å². The zero-order valence-electron chi connectivity index (χ0n) is 8.07. The van der Waals surface area contributed by atoms with E-state index < -0.39 is 29.2 Å². The van der Waals surface area contributed by atoms with E-state index in [4.69, 9.17) is 0 Å². The molecule has 16 heavy (non-hydrogen) atoms. The van der Waals surface area contributed by atoms with Crippen LogP contribution in [0.2, 0.25) is 0 Å². The summed E-state index contributed by atoms with van der Waals surface area (Å²) < 4.78 is 29.9. The maximum Gasteiger partial charge on any atom is 0.432 e. The lowest BCUT2D eigenvalue weighted by atomic mass is 10.2. The Kier molecular flexibility index (Phi) is 3.16. The van der Waals surface area contributed by atoms with Crippen molar-refractivity contribution in [1.82, 2.24) is 9.97 Å². The zero-order valence-corrected chi connectivity index (χ0v) is 8.07. The predicted octanol–water partition coefficient (Wildman–Crippen LogP) is 0.669. The van der Waals surface area contributed by atoms with E-state index in [1.54, 1.807) is 0 Å². The van der Waals surface area contributed by atoms with Crippen LogP contribution in [0.4, 0.5) is 14.7 Å². The molecule has 0 atom stereocenters. The number of H-pyrrole nitrogens is 1. The highest BCUT2D eigenvalue weighted by Gasteiger charge is 2.41. The number of carbonyl (C=O) groups excluding carboxylic acids is 1. The smallest absolute Gasteiger partial charge is 0.432 e. The van der Waals surface area contributed by atoms with E-state index in [0.29, 0.717) is 0 Å². The van der Waals surface area contributed by atoms with Gasteiger partial charge in [0, 0.05) is 0 Å². The molecule has 0 saturated heterocycles. The first-order valence-electron chi connectivity index (χ1n) is 4.01. The van der Waals surface area contributed by atoms with Crippen molar-refractivity contribution < 1.29 is 23.2 Å². The van der Waals surface area contributed by atoms with Crippen molar-refractivity contribution in [3.63, 3.8) is 0 Å². The Morgan fingerprint density at radius 2 is 2.38 bits per heavy atom. The summed E-state index contributed by atoms with van der Waals surface area (Å²) in [5.74, 6) is -6.10. The summed E-state index contributed by atoms with van der Waals surface area (Å²) in [7, 11) is 0.825. The standard InChI is InChI=1S/C7H7F2N3O4/c1-16-5(13)7(8,9)2-4-3-10-6(11-4)12(14)15/h3H,2H2,1H3,(H,10,11). The van der Waals surface area contributed by atoms with E-state index in [1.807, 2.05) is 4.98 Å². The van der Waals surface area contributed by atoms with Crippen molar-refractivity contribution in [2.75, 3.05) is 7.11 Å². The van der Waals surface area contributed by atoms with Crippen LogP contribution in [0.3, 0.4) is 0 Å². The maximum atomic E-state index is 13.0. The number of halogens is 2. The fourth-order valence-electron chi connectivity index (χ4n) is 0.991. The van der Waals surface area contributed by atoms with Gasteiger partial charge in [-0.05, 0) is 4.92 Å². The minimum atomic E-state index is -3.74. The number of hydrogen-bond donors (Lipinski definition) is 1. The molecule has 9 heteroatoms. The third-order valence-electron chi connectivity index (χ3n) is 1.68. The normalized spacial score (nSPS) is 11.2. The van der Waals surface area contributed by atoms with Gasteiger partial charge in [0.05, 0.1) is 13.5 Å². The number of alkyl halides is 2. The fourth-order valence-corrected chi connectivity index (χ4v) is 0.991. The van der Waals surface area contributed by atoms with Crippen LogP contribution in [0.1, 0.15) is 5.69 Å². The molecule has 88 valence electrons. The predicted molar refractivity (Wildman–Crippen MR) is 45.9 cm³/mol. The maximum absolute atomic E-state index is 13.0. The number of hydrogen-bond acceptors (Lipinski definition) is 5. The largest absolute Gasteiger partial charge is 0.465 e. The van der Waals surface area contributed by atoms with Crippen LogP contribution in [0.15, 0.2) is 6.20 Å². The minimum Gasteiger partial charge on any atom is -0.465 e. The van der Waals surface area contributed by atoms with Crippen LogP contribution in [0.5, 0.6) is 0 Å². The van der Waals surface area contributed by atoms with Gasteiger partial charge in [0.15, 0.2) is 0 Å². The summed E-state index contributed by atoms with van der Waals surface area (Å²) in [5.41, 5.74) is -0.220. The lowest BCUT2D eigenvalue weighted by Crippen LogP contribution is -2.32. The Morgan fingerprint density at radius 3 is 2.81 bits per heavy atom. The average Bonchev–Trinajstić information content (AvgIpc) is 2.64. The van der Waals surface area contributed by atoms with Crippen LogP contribution in [-0.2, 0) is 16.0 Å². The van der Waals surface area contributed by atoms with Crippen molar-refractivity contribution in [3.8, 4) is 0 Å². The molecule has 0 fully saturated rings. The second-order valence-corrected chi connectivity index (χ2v) is 2.86. The van der Waals surface area contributed by atoms with Crippen LogP contribution >= 0.6 is 0 Å². The third-order valence-corrected chi connectivity index (χ3v) is 1.68. The van der Waals surface area contributed by atoms with Crippen LogP contribution in [0.25, 0.3) is 0 Å². The summed E-state index contributed by atoms with van der Waals surface area (Å²) in [6.07, 6.45) is -0.157. The summed E-state index contributed by atoms with van der Waals surface area (Å²) in [6, 6.07) is 0. The van der Waals surface area contributed by atoms with E-state index >= 15 is 0 Å². The van der Waals surface area contributed by atoms with Crippen LogP contribution < -0.4 is 0 Å². The molecule has 1 N–H and O–H groups in total. The Morgan fingerprint density at radius 1 is 1.75 bits per heavy atom. The third kappa shape index (κ3) is 2.49. The zero-order chi connectivity index (χ0) is 12.3.